The Balaban J connectivity index is 1.91. The molecule has 6 nitrogen and oxygen atoms in total. The van der Waals surface area contributed by atoms with Gasteiger partial charge in [-0.15, -0.1) is 0 Å². The van der Waals surface area contributed by atoms with E-state index >= 15 is 0 Å². The normalized spacial score (nSPS) is 16.9. The number of aryl methyl sites for hydroxylation is 1. The summed E-state index contributed by atoms with van der Waals surface area (Å²) in [6.45, 7) is 1.93. The van der Waals surface area contributed by atoms with Crippen LogP contribution in [-0.4, -0.2) is 41.2 Å². The van der Waals surface area contributed by atoms with E-state index in [0.717, 1.165) is 16.9 Å². The van der Waals surface area contributed by atoms with Gasteiger partial charge in [0.05, 0.1) is 28.3 Å². The molecule has 1 aliphatic heterocycles. The Morgan fingerprint density at radius 1 is 1.29 bits per heavy atom. The second-order valence-corrected chi connectivity index (χ2v) is 7.48. The fraction of sp³-hybridized carbons (Fsp3) is 0.150. The topological polar surface area (TPSA) is 79.2 Å². The highest BCUT2D eigenvalue weighted by Gasteiger charge is 2.30. The summed E-state index contributed by atoms with van der Waals surface area (Å²) in [6.07, 6.45) is 1.79. The third-order valence-corrected chi connectivity index (χ3v) is 5.52. The number of amides is 1. The van der Waals surface area contributed by atoms with Crippen molar-refractivity contribution in [1.29, 1.82) is 0 Å². The lowest BCUT2D eigenvalue weighted by Gasteiger charge is -2.07. The quantitative estimate of drug-likeness (QED) is 0.737. The molecule has 1 amide bonds. The Hall–Kier alpha value is -2.77. The van der Waals surface area contributed by atoms with Crippen LogP contribution in [0.25, 0.3) is 6.08 Å². The minimum atomic E-state index is -1.13. The van der Waals surface area contributed by atoms with Crippen LogP contribution in [0.5, 0.6) is 5.75 Å². The van der Waals surface area contributed by atoms with Gasteiger partial charge in [0.2, 0.25) is 0 Å². The molecule has 28 heavy (non-hydrogen) atoms. The number of amidine groups is 1. The molecule has 0 radical (unpaired) electrons. The van der Waals surface area contributed by atoms with Gasteiger partial charge in [0.15, 0.2) is 5.17 Å². The van der Waals surface area contributed by atoms with Crippen molar-refractivity contribution >= 4 is 52.2 Å². The number of nitrogens with zero attached hydrogens (tertiary/aromatic N) is 2. The summed E-state index contributed by atoms with van der Waals surface area (Å²) in [5, 5.41) is 9.78. The lowest BCUT2D eigenvalue weighted by molar-refractivity contribution is -0.121. The van der Waals surface area contributed by atoms with Gasteiger partial charge < -0.3 is 9.84 Å². The largest absolute Gasteiger partial charge is 0.496 e. The van der Waals surface area contributed by atoms with Crippen molar-refractivity contribution in [3.63, 3.8) is 0 Å². The van der Waals surface area contributed by atoms with Crippen LogP contribution in [0.15, 0.2) is 46.3 Å². The Morgan fingerprint density at radius 2 is 2.04 bits per heavy atom. The van der Waals surface area contributed by atoms with Crippen LogP contribution in [0.4, 0.5) is 5.69 Å². The number of halogens is 1. The molecule has 0 aliphatic carbocycles. The molecule has 0 bridgehead atoms. The molecule has 2 aromatic carbocycles. The average molecular weight is 417 g/mol. The maximum absolute atomic E-state index is 12.6. The van der Waals surface area contributed by atoms with E-state index in [1.807, 2.05) is 25.1 Å². The molecule has 0 unspecified atom stereocenters. The van der Waals surface area contributed by atoms with E-state index in [0.29, 0.717) is 15.8 Å². The molecular formula is C20H17ClN2O4S. The van der Waals surface area contributed by atoms with Gasteiger partial charge in [-0.2, -0.15) is 0 Å². The summed E-state index contributed by atoms with van der Waals surface area (Å²) in [5.41, 5.74) is 2.22. The lowest BCUT2D eigenvalue weighted by Crippen LogP contribution is -2.23. The monoisotopic (exact) mass is 416 g/mol. The first kappa shape index (κ1) is 20.0. The van der Waals surface area contributed by atoms with Crippen molar-refractivity contribution in [2.45, 2.75) is 6.92 Å². The highest BCUT2D eigenvalue weighted by Crippen LogP contribution is 2.34. The number of aromatic carboxylic acids is 1. The van der Waals surface area contributed by atoms with Crippen molar-refractivity contribution in [3.8, 4) is 5.75 Å². The maximum atomic E-state index is 12.6. The summed E-state index contributed by atoms with van der Waals surface area (Å²) in [7, 11) is 3.24. The van der Waals surface area contributed by atoms with Gasteiger partial charge in [0.1, 0.15) is 5.75 Å². The first-order valence-corrected chi connectivity index (χ1v) is 9.43. The van der Waals surface area contributed by atoms with Crippen LogP contribution in [0, 0.1) is 6.92 Å². The summed E-state index contributed by atoms with van der Waals surface area (Å²) in [5.74, 6) is -0.528. The summed E-state index contributed by atoms with van der Waals surface area (Å²) in [6, 6.07) is 10.1. The smallest absolute Gasteiger partial charge is 0.337 e. The van der Waals surface area contributed by atoms with Crippen molar-refractivity contribution < 1.29 is 19.4 Å². The highest BCUT2D eigenvalue weighted by molar-refractivity contribution is 8.18. The molecule has 3 rings (SSSR count). The third kappa shape index (κ3) is 4.05. The molecular weight excluding hydrogens is 400 g/mol. The highest BCUT2D eigenvalue weighted by atomic mass is 35.5. The molecule has 0 spiro atoms. The number of hydrogen-bond donors (Lipinski definition) is 1. The Labute approximate surface area is 171 Å². The average Bonchev–Trinajstić information content (AvgIpc) is 2.91. The molecule has 1 N–H and O–H groups in total. The second kappa shape index (κ2) is 8.08. The molecule has 8 heteroatoms. The number of ether oxygens (including phenoxy) is 1. The molecule has 0 atom stereocenters. The van der Waals surface area contributed by atoms with Crippen LogP contribution in [-0.2, 0) is 4.79 Å². The fourth-order valence-electron chi connectivity index (χ4n) is 2.65. The summed E-state index contributed by atoms with van der Waals surface area (Å²) >= 11 is 7.12. The van der Waals surface area contributed by atoms with Gasteiger partial charge in [-0.25, -0.2) is 9.79 Å². The van der Waals surface area contributed by atoms with Crippen LogP contribution in [0.3, 0.4) is 0 Å². The zero-order valence-corrected chi connectivity index (χ0v) is 17.0. The molecule has 1 fully saturated rings. The zero-order chi connectivity index (χ0) is 20.4. The van der Waals surface area contributed by atoms with Crippen molar-refractivity contribution in [3.05, 3.63) is 63.0 Å². The Bertz CT molecular complexity index is 1030. The van der Waals surface area contributed by atoms with E-state index in [2.05, 4.69) is 4.99 Å². The molecule has 1 saturated heterocycles. The van der Waals surface area contributed by atoms with E-state index in [4.69, 9.17) is 16.3 Å². The van der Waals surface area contributed by atoms with Crippen LogP contribution in [0.1, 0.15) is 21.5 Å². The number of hydrogen-bond acceptors (Lipinski definition) is 5. The number of benzene rings is 2. The Morgan fingerprint density at radius 3 is 2.68 bits per heavy atom. The van der Waals surface area contributed by atoms with Crippen molar-refractivity contribution in [1.82, 2.24) is 4.90 Å². The van der Waals surface area contributed by atoms with Gasteiger partial charge in [0, 0.05) is 7.05 Å². The fourth-order valence-corrected chi connectivity index (χ4v) is 3.84. The maximum Gasteiger partial charge on any atom is 0.337 e. The first-order chi connectivity index (χ1) is 13.3. The predicted octanol–water partition coefficient (Wildman–Crippen LogP) is 4.59. The first-order valence-electron chi connectivity index (χ1n) is 8.24. The van der Waals surface area contributed by atoms with Gasteiger partial charge in [-0.1, -0.05) is 17.7 Å². The predicted molar refractivity (Wildman–Crippen MR) is 112 cm³/mol. The number of carbonyl (C=O) groups excluding carboxylic acids is 1. The number of carboxylic acid groups (broad SMARTS) is 1. The molecule has 0 aromatic heterocycles. The van der Waals surface area contributed by atoms with Gasteiger partial charge in [0.25, 0.3) is 5.91 Å². The molecule has 0 saturated carbocycles. The molecule has 144 valence electrons. The third-order valence-electron chi connectivity index (χ3n) is 4.13. The van der Waals surface area contributed by atoms with E-state index in [1.54, 1.807) is 26.3 Å². The van der Waals surface area contributed by atoms with Crippen molar-refractivity contribution in [2.24, 2.45) is 4.99 Å². The van der Waals surface area contributed by atoms with E-state index in [-0.39, 0.29) is 16.5 Å². The lowest BCUT2D eigenvalue weighted by atomic mass is 10.1. The van der Waals surface area contributed by atoms with Gasteiger partial charge in [-0.05, 0) is 66.2 Å². The SMILES string of the molecule is COc1ccc(C=C2SC(=Nc3ccc(Cl)c(C(=O)O)c3)N(C)C2=O)cc1C. The number of aliphatic imine (C=N–C) groups is 1. The summed E-state index contributed by atoms with van der Waals surface area (Å²) in [4.78, 5) is 30.2. The van der Waals surface area contributed by atoms with E-state index in [9.17, 15) is 14.7 Å². The van der Waals surface area contributed by atoms with E-state index in [1.165, 1.54) is 28.8 Å². The number of carboxylic acids is 1. The number of thioether (sulfide) groups is 1. The standard InChI is InChI=1S/C20H17ClN2O4S/c1-11-8-12(4-7-16(11)27-3)9-17-18(24)23(2)20(28-17)22-13-5-6-15(21)14(10-13)19(25)26/h4-10H,1-3H3,(H,25,26). The molecule has 1 aliphatic rings. The minimum Gasteiger partial charge on any atom is -0.496 e. The number of rotatable bonds is 4. The zero-order valence-electron chi connectivity index (χ0n) is 15.4. The van der Waals surface area contributed by atoms with Gasteiger partial charge >= 0.3 is 5.97 Å². The summed E-state index contributed by atoms with van der Waals surface area (Å²) < 4.78 is 5.26. The van der Waals surface area contributed by atoms with Crippen LogP contribution in [0.2, 0.25) is 5.02 Å². The number of carbonyl (C=O) groups is 2. The van der Waals surface area contributed by atoms with E-state index < -0.39 is 5.97 Å². The Kier molecular flexibility index (Phi) is 5.76. The second-order valence-electron chi connectivity index (χ2n) is 6.07. The van der Waals surface area contributed by atoms with Gasteiger partial charge in [-0.3, -0.25) is 9.69 Å². The molecule has 2 aromatic rings. The van der Waals surface area contributed by atoms with Crippen molar-refractivity contribution in [2.75, 3.05) is 14.2 Å². The molecule has 1 heterocycles. The van der Waals surface area contributed by atoms with Crippen LogP contribution < -0.4 is 4.74 Å². The van der Waals surface area contributed by atoms with Crippen LogP contribution >= 0.6 is 23.4 Å². The number of likely N-dealkylation sites (N-methyl/N-ethyl adjacent to an activating group) is 1. The minimum absolute atomic E-state index is 0.0371. The number of methoxy groups -OCH3 is 1.